The molecule has 0 spiro atoms. The van der Waals surface area contributed by atoms with Crippen molar-refractivity contribution in [1.29, 1.82) is 0 Å². The van der Waals surface area contributed by atoms with Crippen LogP contribution in [0.2, 0.25) is 0 Å². The lowest BCUT2D eigenvalue weighted by atomic mass is 9.78. The number of benzene rings is 1. The van der Waals surface area contributed by atoms with Crippen LogP contribution in [0.15, 0.2) is 24.3 Å². The Morgan fingerprint density at radius 3 is 2.74 bits per heavy atom. The summed E-state index contributed by atoms with van der Waals surface area (Å²) in [6, 6.07) is 6.37. The molecule has 4 heteroatoms. The second-order valence-electron chi connectivity index (χ2n) is 5.24. The van der Waals surface area contributed by atoms with Gasteiger partial charge < -0.3 is 10.6 Å². The number of carbonyl (C=O) groups is 1. The molecule has 1 fully saturated rings. The van der Waals surface area contributed by atoms with Crippen molar-refractivity contribution in [2.75, 3.05) is 18.5 Å². The lowest BCUT2D eigenvalue weighted by Gasteiger charge is -2.32. The SMILES string of the molecule is CN(C(=O)C1CCCCC1CN)c1ccccc1F. The minimum atomic E-state index is -0.363. The number of anilines is 1. The van der Waals surface area contributed by atoms with Crippen molar-refractivity contribution < 1.29 is 9.18 Å². The van der Waals surface area contributed by atoms with Gasteiger partial charge in [-0.2, -0.15) is 0 Å². The summed E-state index contributed by atoms with van der Waals surface area (Å²) in [7, 11) is 1.64. The van der Waals surface area contributed by atoms with E-state index in [0.717, 1.165) is 25.7 Å². The Hall–Kier alpha value is -1.42. The molecular weight excluding hydrogens is 243 g/mol. The molecule has 1 saturated carbocycles. The van der Waals surface area contributed by atoms with E-state index in [1.54, 1.807) is 25.2 Å². The Labute approximate surface area is 113 Å². The van der Waals surface area contributed by atoms with Crippen LogP contribution in [-0.4, -0.2) is 19.5 Å². The van der Waals surface area contributed by atoms with Gasteiger partial charge in [-0.05, 0) is 37.4 Å². The van der Waals surface area contributed by atoms with E-state index in [1.807, 2.05) is 0 Å². The molecule has 2 unspecified atom stereocenters. The molecule has 0 saturated heterocycles. The van der Waals surface area contributed by atoms with E-state index in [-0.39, 0.29) is 23.6 Å². The average Bonchev–Trinajstić information content (AvgIpc) is 2.46. The Morgan fingerprint density at radius 1 is 1.37 bits per heavy atom. The van der Waals surface area contributed by atoms with Crippen molar-refractivity contribution >= 4 is 11.6 Å². The van der Waals surface area contributed by atoms with Gasteiger partial charge in [0.1, 0.15) is 5.82 Å². The molecule has 19 heavy (non-hydrogen) atoms. The molecule has 0 radical (unpaired) electrons. The molecule has 0 aliphatic heterocycles. The highest BCUT2D eigenvalue weighted by Crippen LogP contribution is 2.32. The molecule has 2 atom stereocenters. The van der Waals surface area contributed by atoms with Gasteiger partial charge in [0, 0.05) is 13.0 Å². The molecule has 1 aromatic carbocycles. The third-order valence-corrected chi connectivity index (χ3v) is 4.07. The first-order chi connectivity index (χ1) is 9.15. The summed E-state index contributed by atoms with van der Waals surface area (Å²) in [4.78, 5) is 14.0. The lowest BCUT2D eigenvalue weighted by molar-refractivity contribution is -0.124. The Kier molecular flexibility index (Phi) is 4.53. The Balaban J connectivity index is 2.16. The first kappa shape index (κ1) is 14.0. The number of hydrogen-bond donors (Lipinski definition) is 1. The van der Waals surface area contributed by atoms with Crippen LogP contribution >= 0.6 is 0 Å². The molecule has 3 nitrogen and oxygen atoms in total. The van der Waals surface area contributed by atoms with Crippen molar-refractivity contribution in [3.05, 3.63) is 30.1 Å². The van der Waals surface area contributed by atoms with Crippen molar-refractivity contribution in [2.24, 2.45) is 17.6 Å². The van der Waals surface area contributed by atoms with Crippen LogP contribution in [0.25, 0.3) is 0 Å². The van der Waals surface area contributed by atoms with E-state index in [0.29, 0.717) is 12.2 Å². The monoisotopic (exact) mass is 264 g/mol. The highest BCUT2D eigenvalue weighted by atomic mass is 19.1. The third kappa shape index (κ3) is 2.95. The normalized spacial score (nSPS) is 23.1. The van der Waals surface area contributed by atoms with Crippen molar-refractivity contribution in [3.8, 4) is 0 Å². The summed E-state index contributed by atoms with van der Waals surface area (Å²) in [5, 5.41) is 0. The number of halogens is 1. The highest BCUT2D eigenvalue weighted by molar-refractivity contribution is 5.94. The largest absolute Gasteiger partial charge is 0.330 e. The van der Waals surface area contributed by atoms with Gasteiger partial charge in [0.15, 0.2) is 0 Å². The first-order valence-electron chi connectivity index (χ1n) is 6.87. The van der Waals surface area contributed by atoms with Gasteiger partial charge in [0.2, 0.25) is 5.91 Å². The van der Waals surface area contributed by atoms with Crippen LogP contribution < -0.4 is 10.6 Å². The standard InChI is InChI=1S/C15H21FN2O/c1-18(14-9-5-4-8-13(14)16)15(19)12-7-3-2-6-11(12)10-17/h4-5,8-9,11-12H,2-3,6-7,10,17H2,1H3. The van der Waals surface area contributed by atoms with Crippen LogP contribution in [0.3, 0.4) is 0 Å². The molecule has 1 aliphatic rings. The van der Waals surface area contributed by atoms with Crippen LogP contribution in [0.4, 0.5) is 10.1 Å². The molecular formula is C15H21FN2O. The van der Waals surface area contributed by atoms with Crippen LogP contribution in [0.5, 0.6) is 0 Å². The average molecular weight is 264 g/mol. The van der Waals surface area contributed by atoms with Gasteiger partial charge in [0.25, 0.3) is 0 Å². The molecule has 1 amide bonds. The van der Waals surface area contributed by atoms with E-state index in [2.05, 4.69) is 0 Å². The third-order valence-electron chi connectivity index (χ3n) is 4.07. The van der Waals surface area contributed by atoms with E-state index in [9.17, 15) is 9.18 Å². The maximum Gasteiger partial charge on any atom is 0.230 e. The topological polar surface area (TPSA) is 46.3 Å². The summed E-state index contributed by atoms with van der Waals surface area (Å²) in [6.45, 7) is 0.529. The number of nitrogens with two attached hydrogens (primary N) is 1. The van der Waals surface area contributed by atoms with Gasteiger partial charge in [-0.3, -0.25) is 4.79 Å². The Morgan fingerprint density at radius 2 is 2.05 bits per heavy atom. The van der Waals surface area contributed by atoms with Crippen LogP contribution in [0, 0.1) is 17.7 Å². The minimum Gasteiger partial charge on any atom is -0.330 e. The zero-order valence-electron chi connectivity index (χ0n) is 11.3. The van der Waals surface area contributed by atoms with Gasteiger partial charge in [0.05, 0.1) is 5.69 Å². The fraction of sp³-hybridized carbons (Fsp3) is 0.533. The molecule has 1 aliphatic carbocycles. The number of rotatable bonds is 3. The number of hydrogen-bond acceptors (Lipinski definition) is 2. The fourth-order valence-electron chi connectivity index (χ4n) is 2.91. The summed E-state index contributed by atoms with van der Waals surface area (Å²) in [5.41, 5.74) is 6.10. The van der Waals surface area contributed by atoms with E-state index >= 15 is 0 Å². The molecule has 104 valence electrons. The quantitative estimate of drug-likeness (QED) is 0.912. The van der Waals surface area contributed by atoms with E-state index < -0.39 is 0 Å². The van der Waals surface area contributed by atoms with Crippen molar-refractivity contribution in [1.82, 2.24) is 0 Å². The summed E-state index contributed by atoms with van der Waals surface area (Å²) in [5.74, 6) is -0.211. The highest BCUT2D eigenvalue weighted by Gasteiger charge is 2.32. The molecule has 1 aromatic rings. The molecule has 2 rings (SSSR count). The predicted molar refractivity (Wildman–Crippen MR) is 74.3 cm³/mol. The van der Waals surface area contributed by atoms with Gasteiger partial charge >= 0.3 is 0 Å². The van der Waals surface area contributed by atoms with Gasteiger partial charge in [-0.15, -0.1) is 0 Å². The molecule has 0 heterocycles. The van der Waals surface area contributed by atoms with E-state index in [4.69, 9.17) is 5.73 Å². The minimum absolute atomic E-state index is 0.0137. The zero-order valence-corrected chi connectivity index (χ0v) is 11.3. The van der Waals surface area contributed by atoms with Crippen molar-refractivity contribution in [3.63, 3.8) is 0 Å². The molecule has 0 aromatic heterocycles. The first-order valence-corrected chi connectivity index (χ1v) is 6.87. The second-order valence-corrected chi connectivity index (χ2v) is 5.24. The lowest BCUT2D eigenvalue weighted by Crippen LogP contribution is -2.40. The summed E-state index contributed by atoms with van der Waals surface area (Å²) < 4.78 is 13.7. The van der Waals surface area contributed by atoms with Crippen molar-refractivity contribution in [2.45, 2.75) is 25.7 Å². The molecule has 0 bridgehead atoms. The number of carbonyl (C=O) groups excluding carboxylic acids is 1. The summed E-state index contributed by atoms with van der Waals surface area (Å²) >= 11 is 0. The summed E-state index contributed by atoms with van der Waals surface area (Å²) in [6.07, 6.45) is 4.05. The second kappa shape index (κ2) is 6.15. The number of nitrogens with zero attached hydrogens (tertiary/aromatic N) is 1. The van der Waals surface area contributed by atoms with Crippen LogP contribution in [0.1, 0.15) is 25.7 Å². The zero-order chi connectivity index (χ0) is 13.8. The molecule has 2 N–H and O–H groups in total. The van der Waals surface area contributed by atoms with Gasteiger partial charge in [-0.1, -0.05) is 25.0 Å². The maximum absolute atomic E-state index is 13.7. The van der Waals surface area contributed by atoms with Crippen LogP contribution in [-0.2, 0) is 4.79 Å². The van der Waals surface area contributed by atoms with E-state index in [1.165, 1.54) is 11.0 Å². The van der Waals surface area contributed by atoms with Gasteiger partial charge in [-0.25, -0.2) is 4.39 Å². The fourth-order valence-corrected chi connectivity index (χ4v) is 2.91. The smallest absolute Gasteiger partial charge is 0.230 e. The number of para-hydroxylation sites is 1. The Bertz CT molecular complexity index is 450. The number of amides is 1. The predicted octanol–water partition coefficient (Wildman–Crippen LogP) is 2.55. The maximum atomic E-state index is 13.7.